The molecule has 1 rings (SSSR count). The summed E-state index contributed by atoms with van der Waals surface area (Å²) in [7, 11) is 1.67. The molecule has 0 aliphatic heterocycles. The topological polar surface area (TPSA) is 64.4 Å². The molecule has 100 valence electrons. The van der Waals surface area contributed by atoms with Crippen LogP contribution in [0.4, 0.5) is 18.9 Å². The van der Waals surface area contributed by atoms with Gasteiger partial charge < -0.3 is 10.1 Å². The average molecular weight is 264 g/mol. The van der Waals surface area contributed by atoms with E-state index in [0.29, 0.717) is 12.6 Å². The van der Waals surface area contributed by atoms with Crippen LogP contribution in [0.3, 0.4) is 0 Å². The van der Waals surface area contributed by atoms with Crippen molar-refractivity contribution in [1.82, 2.24) is 5.32 Å². The van der Waals surface area contributed by atoms with E-state index in [1.54, 1.807) is 7.05 Å². The van der Waals surface area contributed by atoms with Gasteiger partial charge in [-0.1, -0.05) is 0 Å². The maximum Gasteiger partial charge on any atom is 0.423 e. The Balaban J connectivity index is 3.02. The first-order valence-electron chi connectivity index (χ1n) is 4.99. The van der Waals surface area contributed by atoms with Crippen LogP contribution in [-0.4, -0.2) is 25.1 Å². The lowest BCUT2D eigenvalue weighted by Crippen LogP contribution is -2.16. The summed E-state index contributed by atoms with van der Waals surface area (Å²) in [6.45, 7) is 0.629. The van der Waals surface area contributed by atoms with E-state index in [1.807, 2.05) is 0 Å². The second-order valence-corrected chi connectivity index (χ2v) is 3.39. The highest BCUT2D eigenvalue weighted by Gasteiger charge is 2.38. The number of hydrogen-bond donors (Lipinski definition) is 1. The van der Waals surface area contributed by atoms with Crippen molar-refractivity contribution in [3.8, 4) is 5.75 Å². The first-order valence-corrected chi connectivity index (χ1v) is 4.99. The minimum Gasteiger partial charge on any atom is -0.492 e. The van der Waals surface area contributed by atoms with Gasteiger partial charge in [0.05, 0.1) is 4.92 Å². The number of likely N-dealkylation sites (N-methyl/N-ethyl adjacent to an activating group) is 1. The number of ether oxygens (including phenoxy) is 1. The molecular formula is C10H11F3N2O3. The lowest BCUT2D eigenvalue weighted by Gasteiger charge is -2.10. The highest BCUT2D eigenvalue weighted by molar-refractivity contribution is 5.46. The van der Waals surface area contributed by atoms with Crippen LogP contribution in [0.15, 0.2) is 18.2 Å². The number of nitrogens with zero attached hydrogens (tertiary/aromatic N) is 1. The molecule has 0 atom stereocenters. The summed E-state index contributed by atoms with van der Waals surface area (Å²) in [6.07, 6.45) is -4.79. The highest BCUT2D eigenvalue weighted by Crippen LogP contribution is 2.37. The van der Waals surface area contributed by atoms with Gasteiger partial charge in [-0.25, -0.2) is 0 Å². The predicted molar refractivity (Wildman–Crippen MR) is 57.5 cm³/mol. The lowest BCUT2D eigenvalue weighted by atomic mass is 10.1. The van der Waals surface area contributed by atoms with Crippen LogP contribution in [-0.2, 0) is 6.18 Å². The third-order valence-electron chi connectivity index (χ3n) is 2.09. The molecule has 5 nitrogen and oxygen atoms in total. The van der Waals surface area contributed by atoms with Crippen LogP contribution < -0.4 is 10.1 Å². The molecule has 0 aromatic heterocycles. The molecule has 18 heavy (non-hydrogen) atoms. The fourth-order valence-corrected chi connectivity index (χ4v) is 1.26. The van der Waals surface area contributed by atoms with Gasteiger partial charge in [-0.3, -0.25) is 10.1 Å². The fraction of sp³-hybridized carbons (Fsp3) is 0.400. The molecule has 1 N–H and O–H groups in total. The van der Waals surface area contributed by atoms with E-state index in [4.69, 9.17) is 4.74 Å². The van der Waals surface area contributed by atoms with Crippen LogP contribution in [0.5, 0.6) is 5.75 Å². The Kier molecular flexibility index (Phi) is 4.49. The maximum atomic E-state index is 12.6. The molecule has 0 radical (unpaired) electrons. The molecule has 0 bridgehead atoms. The zero-order valence-electron chi connectivity index (χ0n) is 9.45. The fourth-order valence-electron chi connectivity index (χ4n) is 1.26. The number of nitrogens with one attached hydrogen (secondary N) is 1. The summed E-state index contributed by atoms with van der Waals surface area (Å²) in [5, 5.41) is 13.3. The summed E-state index contributed by atoms with van der Waals surface area (Å²) in [6, 6.07) is 2.56. The van der Waals surface area contributed by atoms with E-state index in [0.717, 1.165) is 12.1 Å². The van der Waals surface area contributed by atoms with Crippen LogP contribution >= 0.6 is 0 Å². The number of halogens is 3. The number of nitro benzene ring substituents is 1. The molecule has 1 aromatic rings. The summed E-state index contributed by atoms with van der Waals surface area (Å²) >= 11 is 0. The molecule has 0 fully saturated rings. The van der Waals surface area contributed by atoms with Gasteiger partial charge in [-0.2, -0.15) is 13.2 Å². The Bertz CT molecular complexity index is 435. The molecule has 0 aliphatic carbocycles. The van der Waals surface area contributed by atoms with E-state index in [9.17, 15) is 23.3 Å². The molecular weight excluding hydrogens is 253 g/mol. The van der Waals surface area contributed by atoms with Gasteiger partial charge >= 0.3 is 6.18 Å². The van der Waals surface area contributed by atoms with Gasteiger partial charge in [-0.15, -0.1) is 0 Å². The Morgan fingerprint density at radius 2 is 2.11 bits per heavy atom. The third-order valence-corrected chi connectivity index (χ3v) is 2.09. The lowest BCUT2D eigenvalue weighted by molar-refractivity contribution is -0.388. The van der Waals surface area contributed by atoms with Crippen LogP contribution in [0.2, 0.25) is 0 Å². The van der Waals surface area contributed by atoms with Crippen molar-refractivity contribution < 1.29 is 22.8 Å². The SMILES string of the molecule is CNCCOc1ccc([N+](=O)[O-])c(C(F)(F)F)c1. The molecule has 1 aromatic carbocycles. The van der Waals surface area contributed by atoms with Crippen molar-refractivity contribution in [2.45, 2.75) is 6.18 Å². The van der Waals surface area contributed by atoms with Crippen LogP contribution in [0.1, 0.15) is 5.56 Å². The Morgan fingerprint density at radius 1 is 1.44 bits per heavy atom. The third kappa shape index (κ3) is 3.59. The van der Waals surface area contributed by atoms with Crippen molar-refractivity contribution >= 4 is 5.69 Å². The van der Waals surface area contributed by atoms with Gasteiger partial charge in [0.15, 0.2) is 0 Å². The first kappa shape index (κ1) is 14.2. The number of alkyl halides is 3. The second-order valence-electron chi connectivity index (χ2n) is 3.39. The van der Waals surface area contributed by atoms with Gasteiger partial charge in [0.2, 0.25) is 0 Å². The van der Waals surface area contributed by atoms with Gasteiger partial charge in [0, 0.05) is 12.6 Å². The van der Waals surface area contributed by atoms with Crippen LogP contribution in [0.25, 0.3) is 0 Å². The van der Waals surface area contributed by atoms with E-state index in [-0.39, 0.29) is 12.4 Å². The van der Waals surface area contributed by atoms with Gasteiger partial charge in [-0.05, 0) is 19.2 Å². The average Bonchev–Trinajstić information content (AvgIpc) is 2.28. The number of benzene rings is 1. The normalized spacial score (nSPS) is 11.3. The van der Waals surface area contributed by atoms with Crippen molar-refractivity contribution in [2.75, 3.05) is 20.2 Å². The molecule has 0 saturated carbocycles. The molecule has 0 aliphatic rings. The van der Waals surface area contributed by atoms with Gasteiger partial charge in [0.1, 0.15) is 17.9 Å². The first-order chi connectivity index (χ1) is 8.36. The summed E-state index contributed by atoms with van der Waals surface area (Å²) in [5.74, 6) is -0.0526. The number of hydrogen-bond acceptors (Lipinski definition) is 4. The summed E-state index contributed by atoms with van der Waals surface area (Å²) in [4.78, 5) is 9.43. The molecule has 0 unspecified atom stereocenters. The zero-order chi connectivity index (χ0) is 13.8. The number of rotatable bonds is 5. The van der Waals surface area contributed by atoms with Gasteiger partial charge in [0.25, 0.3) is 5.69 Å². The molecule has 0 spiro atoms. The predicted octanol–water partition coefficient (Wildman–Crippen LogP) is 2.21. The Hall–Kier alpha value is -1.83. The molecule has 0 heterocycles. The monoisotopic (exact) mass is 264 g/mol. The second kappa shape index (κ2) is 5.67. The Labute approximate surface area is 101 Å². The van der Waals surface area contributed by atoms with Crippen molar-refractivity contribution in [1.29, 1.82) is 0 Å². The summed E-state index contributed by atoms with van der Waals surface area (Å²) < 4.78 is 42.8. The van der Waals surface area contributed by atoms with E-state index < -0.39 is 22.4 Å². The maximum absolute atomic E-state index is 12.6. The largest absolute Gasteiger partial charge is 0.492 e. The standard InChI is InChI=1S/C10H11F3N2O3/c1-14-4-5-18-7-2-3-9(15(16)17)8(6-7)10(11,12)13/h2-3,6,14H,4-5H2,1H3. The smallest absolute Gasteiger partial charge is 0.423 e. The molecule has 8 heteroatoms. The van der Waals surface area contributed by atoms with E-state index >= 15 is 0 Å². The molecule has 0 saturated heterocycles. The minimum absolute atomic E-state index is 0.0526. The quantitative estimate of drug-likeness (QED) is 0.503. The number of nitro groups is 1. The van der Waals surface area contributed by atoms with Crippen LogP contribution in [0, 0.1) is 10.1 Å². The van der Waals surface area contributed by atoms with E-state index in [2.05, 4.69) is 5.32 Å². The molecule has 0 amide bonds. The Morgan fingerprint density at radius 3 is 2.61 bits per heavy atom. The van der Waals surface area contributed by atoms with Crippen molar-refractivity contribution in [3.63, 3.8) is 0 Å². The summed E-state index contributed by atoms with van der Waals surface area (Å²) in [5.41, 5.74) is -2.29. The van der Waals surface area contributed by atoms with Crippen molar-refractivity contribution in [3.05, 3.63) is 33.9 Å². The van der Waals surface area contributed by atoms with E-state index in [1.165, 1.54) is 0 Å². The zero-order valence-corrected chi connectivity index (χ0v) is 9.45. The highest BCUT2D eigenvalue weighted by atomic mass is 19.4. The minimum atomic E-state index is -4.79. The van der Waals surface area contributed by atoms with Crippen molar-refractivity contribution in [2.24, 2.45) is 0 Å².